The molecule has 1 aromatic rings. The maximum atomic E-state index is 10.6. The summed E-state index contributed by atoms with van der Waals surface area (Å²) < 4.78 is 6.91. The van der Waals surface area contributed by atoms with Gasteiger partial charge in [0, 0.05) is 25.1 Å². The van der Waals surface area contributed by atoms with E-state index in [0.717, 1.165) is 39.1 Å². The van der Waals surface area contributed by atoms with Gasteiger partial charge in [0.1, 0.15) is 12.4 Å². The quantitative estimate of drug-likeness (QED) is 0.619. The van der Waals surface area contributed by atoms with E-state index in [1.165, 1.54) is 17.1 Å². The van der Waals surface area contributed by atoms with E-state index in [1.54, 1.807) is 0 Å². The maximum Gasteiger partial charge on any atom is 0.306 e. The van der Waals surface area contributed by atoms with Crippen molar-refractivity contribution in [3.8, 4) is 0 Å². The van der Waals surface area contributed by atoms with Crippen LogP contribution < -0.4 is 0 Å². The first kappa shape index (κ1) is 14.4. The molecule has 2 aliphatic heterocycles. The van der Waals surface area contributed by atoms with Crippen LogP contribution in [0.2, 0.25) is 0 Å². The lowest BCUT2D eigenvalue weighted by Gasteiger charge is -2.23. The molecule has 2 saturated heterocycles. The predicted molar refractivity (Wildman–Crippen MR) is 73.8 cm³/mol. The van der Waals surface area contributed by atoms with E-state index in [9.17, 15) is 15.2 Å². The Labute approximate surface area is 122 Å². The number of hydrogen-bond donors (Lipinski definition) is 1. The van der Waals surface area contributed by atoms with Crippen LogP contribution in [0.3, 0.4) is 0 Å². The van der Waals surface area contributed by atoms with Crippen molar-refractivity contribution in [2.24, 2.45) is 5.41 Å². The molecule has 0 unspecified atom stereocenters. The van der Waals surface area contributed by atoms with Crippen LogP contribution in [0.1, 0.15) is 12.8 Å². The summed E-state index contributed by atoms with van der Waals surface area (Å²) in [6.07, 6.45) is 4.19. The number of rotatable bonds is 5. The van der Waals surface area contributed by atoms with Crippen LogP contribution in [0.15, 0.2) is 12.4 Å². The van der Waals surface area contributed by atoms with E-state index in [1.807, 2.05) is 0 Å². The fourth-order valence-electron chi connectivity index (χ4n) is 3.27. The molecule has 0 amide bonds. The van der Waals surface area contributed by atoms with Gasteiger partial charge >= 0.3 is 5.69 Å². The first-order valence-electron chi connectivity index (χ1n) is 7.21. The minimum absolute atomic E-state index is 0.0505. The molecule has 0 aliphatic carbocycles. The average Bonchev–Trinajstić information content (AvgIpc) is 3.13. The van der Waals surface area contributed by atoms with E-state index in [2.05, 4.69) is 10.00 Å². The summed E-state index contributed by atoms with van der Waals surface area (Å²) in [6, 6.07) is 0. The van der Waals surface area contributed by atoms with Crippen molar-refractivity contribution in [1.29, 1.82) is 0 Å². The largest absolute Gasteiger partial charge is 0.390 e. The van der Waals surface area contributed by atoms with Gasteiger partial charge in [-0.2, -0.15) is 5.10 Å². The summed E-state index contributed by atoms with van der Waals surface area (Å²) in [5.74, 6) is 0. The number of nitrogens with zero attached hydrogens (tertiary/aromatic N) is 4. The highest BCUT2D eigenvalue weighted by Gasteiger charge is 2.41. The molecular weight excluding hydrogens is 276 g/mol. The average molecular weight is 296 g/mol. The molecule has 21 heavy (non-hydrogen) atoms. The van der Waals surface area contributed by atoms with Crippen molar-refractivity contribution in [2.75, 3.05) is 32.8 Å². The zero-order valence-electron chi connectivity index (χ0n) is 11.8. The molecule has 0 aromatic carbocycles. The van der Waals surface area contributed by atoms with Gasteiger partial charge in [-0.1, -0.05) is 0 Å². The van der Waals surface area contributed by atoms with E-state index in [0.29, 0.717) is 6.54 Å². The SMILES string of the molecule is O=[N+]([O-])c1cnn(C[C@H](O)CN2CC[C@]3(CCOC3)C2)c1. The van der Waals surface area contributed by atoms with Gasteiger partial charge in [-0.15, -0.1) is 0 Å². The second-order valence-corrected chi connectivity index (χ2v) is 6.12. The molecule has 2 aliphatic rings. The molecule has 2 atom stereocenters. The number of likely N-dealkylation sites (tertiary alicyclic amines) is 1. The standard InChI is InChI=1S/C13H20N4O4/c18-12(8-16-6-11(5-14-16)17(19)20)7-15-3-1-13(9-15)2-4-21-10-13/h5-6,12,18H,1-4,7-10H2/t12-,13+/m1/s1. The third-order valence-corrected chi connectivity index (χ3v) is 4.40. The summed E-state index contributed by atoms with van der Waals surface area (Å²) in [6.45, 7) is 4.44. The number of hydrogen-bond acceptors (Lipinski definition) is 6. The van der Waals surface area contributed by atoms with Gasteiger partial charge in [0.2, 0.25) is 0 Å². The van der Waals surface area contributed by atoms with Gasteiger partial charge in [0.25, 0.3) is 0 Å². The van der Waals surface area contributed by atoms with Gasteiger partial charge in [-0.25, -0.2) is 0 Å². The topological polar surface area (TPSA) is 93.7 Å². The van der Waals surface area contributed by atoms with Crippen molar-refractivity contribution in [3.63, 3.8) is 0 Å². The molecule has 0 radical (unpaired) electrons. The molecule has 0 bridgehead atoms. The summed E-state index contributed by atoms with van der Waals surface area (Å²) in [5.41, 5.74) is 0.231. The van der Waals surface area contributed by atoms with Gasteiger partial charge in [0.05, 0.1) is 24.2 Å². The highest BCUT2D eigenvalue weighted by Crippen LogP contribution is 2.38. The summed E-state index contributed by atoms with van der Waals surface area (Å²) >= 11 is 0. The predicted octanol–water partition coefficient (Wildman–Crippen LogP) is 0.265. The summed E-state index contributed by atoms with van der Waals surface area (Å²) in [4.78, 5) is 12.4. The van der Waals surface area contributed by atoms with Gasteiger partial charge in [-0.3, -0.25) is 14.8 Å². The third kappa shape index (κ3) is 3.22. The van der Waals surface area contributed by atoms with Crippen molar-refractivity contribution in [3.05, 3.63) is 22.5 Å². The molecule has 3 heterocycles. The molecule has 1 N–H and O–H groups in total. The van der Waals surface area contributed by atoms with Gasteiger partial charge < -0.3 is 14.7 Å². The van der Waals surface area contributed by atoms with E-state index in [4.69, 9.17) is 4.74 Å². The Morgan fingerprint density at radius 1 is 1.52 bits per heavy atom. The van der Waals surface area contributed by atoms with E-state index in [-0.39, 0.29) is 17.6 Å². The van der Waals surface area contributed by atoms with Crippen LogP contribution in [0, 0.1) is 15.5 Å². The lowest BCUT2D eigenvalue weighted by Crippen LogP contribution is -2.35. The first-order valence-corrected chi connectivity index (χ1v) is 7.21. The van der Waals surface area contributed by atoms with E-state index >= 15 is 0 Å². The Morgan fingerprint density at radius 3 is 3.05 bits per heavy atom. The molecule has 8 heteroatoms. The number of β-amino-alcohol motifs (C(OH)–C–C–N with tert-alkyl or cyclic N) is 1. The molecule has 116 valence electrons. The smallest absolute Gasteiger partial charge is 0.306 e. The lowest BCUT2D eigenvalue weighted by atomic mass is 9.87. The zero-order chi connectivity index (χ0) is 14.9. The Morgan fingerprint density at radius 2 is 2.38 bits per heavy atom. The Kier molecular flexibility index (Phi) is 3.92. The van der Waals surface area contributed by atoms with Crippen LogP contribution in [-0.2, 0) is 11.3 Å². The Hall–Kier alpha value is -1.51. The van der Waals surface area contributed by atoms with Crippen LogP contribution in [0.4, 0.5) is 5.69 Å². The highest BCUT2D eigenvalue weighted by atomic mass is 16.6. The Bertz CT molecular complexity index is 512. The van der Waals surface area contributed by atoms with Crippen molar-refractivity contribution >= 4 is 5.69 Å². The summed E-state index contributed by atoms with van der Waals surface area (Å²) in [7, 11) is 0. The van der Waals surface area contributed by atoms with Crippen LogP contribution in [0.25, 0.3) is 0 Å². The van der Waals surface area contributed by atoms with E-state index < -0.39 is 11.0 Å². The lowest BCUT2D eigenvalue weighted by molar-refractivity contribution is -0.385. The molecule has 8 nitrogen and oxygen atoms in total. The molecule has 3 rings (SSSR count). The van der Waals surface area contributed by atoms with Crippen LogP contribution in [0.5, 0.6) is 0 Å². The summed E-state index contributed by atoms with van der Waals surface area (Å²) in [5, 5.41) is 24.6. The second-order valence-electron chi connectivity index (χ2n) is 6.12. The second kappa shape index (κ2) is 5.70. The fourth-order valence-corrected chi connectivity index (χ4v) is 3.27. The molecule has 1 aromatic heterocycles. The number of aliphatic hydroxyl groups is 1. The number of aromatic nitrogens is 2. The van der Waals surface area contributed by atoms with Crippen molar-refractivity contribution < 1.29 is 14.8 Å². The molecule has 0 saturated carbocycles. The maximum absolute atomic E-state index is 10.6. The molecule has 1 spiro atoms. The normalized spacial score (nSPS) is 27.5. The van der Waals surface area contributed by atoms with Crippen LogP contribution in [-0.4, -0.2) is 63.7 Å². The monoisotopic (exact) mass is 296 g/mol. The van der Waals surface area contributed by atoms with Crippen molar-refractivity contribution in [2.45, 2.75) is 25.5 Å². The molecular formula is C13H20N4O4. The minimum atomic E-state index is -0.582. The Balaban J connectivity index is 1.50. The van der Waals surface area contributed by atoms with Crippen molar-refractivity contribution in [1.82, 2.24) is 14.7 Å². The fraction of sp³-hybridized carbons (Fsp3) is 0.769. The third-order valence-electron chi connectivity index (χ3n) is 4.40. The van der Waals surface area contributed by atoms with Crippen LogP contribution >= 0.6 is 0 Å². The number of aliphatic hydroxyl groups excluding tert-OH is 1. The zero-order valence-corrected chi connectivity index (χ0v) is 11.8. The first-order chi connectivity index (χ1) is 10.1. The number of nitro groups is 1. The highest BCUT2D eigenvalue weighted by molar-refractivity contribution is 5.20. The minimum Gasteiger partial charge on any atom is -0.390 e. The number of ether oxygens (including phenoxy) is 1. The molecule has 2 fully saturated rings. The van der Waals surface area contributed by atoms with Gasteiger partial charge in [0.15, 0.2) is 0 Å². The van der Waals surface area contributed by atoms with Gasteiger partial charge in [-0.05, 0) is 19.4 Å².